The van der Waals surface area contributed by atoms with Crippen LogP contribution in [0.5, 0.6) is 0 Å². The van der Waals surface area contributed by atoms with E-state index in [9.17, 15) is 4.79 Å². The highest BCUT2D eigenvalue weighted by atomic mass is 35.5. The van der Waals surface area contributed by atoms with Crippen LogP contribution in [0.3, 0.4) is 0 Å². The second kappa shape index (κ2) is 10.3. The Kier molecular flexibility index (Phi) is 8.39. The summed E-state index contributed by atoms with van der Waals surface area (Å²) in [4.78, 5) is 15.0. The molecule has 0 aromatic heterocycles. The van der Waals surface area contributed by atoms with Crippen molar-refractivity contribution in [2.75, 3.05) is 19.7 Å². The number of nitrogens with zero attached hydrogens (tertiary/aromatic N) is 1. The summed E-state index contributed by atoms with van der Waals surface area (Å²) in [7, 11) is 0. The van der Waals surface area contributed by atoms with Gasteiger partial charge < -0.3 is 15.4 Å². The molecule has 1 saturated heterocycles. The number of nitrogens with two attached hydrogens (primary N) is 1. The molecule has 1 aromatic rings. The summed E-state index contributed by atoms with van der Waals surface area (Å²) in [5, 5.41) is 0. The van der Waals surface area contributed by atoms with E-state index in [0.29, 0.717) is 12.3 Å². The van der Waals surface area contributed by atoms with Gasteiger partial charge in [0.1, 0.15) is 0 Å². The topological polar surface area (TPSA) is 55.6 Å². The molecule has 1 saturated carbocycles. The number of amides is 1. The number of hydrogen-bond acceptors (Lipinski definition) is 3. The van der Waals surface area contributed by atoms with Gasteiger partial charge in [0.05, 0.1) is 6.10 Å². The van der Waals surface area contributed by atoms with Crippen molar-refractivity contribution in [2.45, 2.75) is 64.0 Å². The first kappa shape index (κ1) is 21.2. The number of hydrogen-bond donors (Lipinski definition) is 1. The molecule has 146 valence electrons. The number of halogens is 1. The summed E-state index contributed by atoms with van der Waals surface area (Å²) in [6.07, 6.45) is 7.20. The Labute approximate surface area is 163 Å². The Balaban J connectivity index is 0.00000243. The summed E-state index contributed by atoms with van der Waals surface area (Å²) in [5.41, 5.74) is 8.73. The number of carbonyl (C=O) groups is 1. The Hall–Kier alpha value is -1.10. The Morgan fingerprint density at radius 3 is 2.58 bits per heavy atom. The second-order valence-electron chi connectivity index (χ2n) is 7.77. The van der Waals surface area contributed by atoms with E-state index in [1.54, 1.807) is 0 Å². The molecular weight excluding hydrogens is 348 g/mol. The lowest BCUT2D eigenvalue weighted by Gasteiger charge is -2.27. The fourth-order valence-electron chi connectivity index (χ4n) is 4.04. The van der Waals surface area contributed by atoms with Crippen LogP contribution in [-0.4, -0.2) is 42.6 Å². The standard InChI is InChI=1S/C21H32N2O2.ClH/c1-16-7-9-17(10-8-16)11-12-23(15-19-5-3-13-25-19)21(24)14-18-4-2-6-20(18)22;/h7-10,18-20H,2-6,11-15,22H2,1H3;1H/t18-,19?,20+;/m0./s1. The van der Waals surface area contributed by atoms with Crippen molar-refractivity contribution in [2.24, 2.45) is 11.7 Å². The predicted molar refractivity (Wildman–Crippen MR) is 108 cm³/mol. The van der Waals surface area contributed by atoms with E-state index >= 15 is 0 Å². The van der Waals surface area contributed by atoms with E-state index in [1.807, 2.05) is 4.90 Å². The molecule has 0 spiro atoms. The smallest absolute Gasteiger partial charge is 0.223 e. The summed E-state index contributed by atoms with van der Waals surface area (Å²) >= 11 is 0. The van der Waals surface area contributed by atoms with Crippen LogP contribution in [0.15, 0.2) is 24.3 Å². The number of benzene rings is 1. The van der Waals surface area contributed by atoms with Crippen molar-refractivity contribution in [3.05, 3.63) is 35.4 Å². The third-order valence-electron chi connectivity index (χ3n) is 5.75. The zero-order valence-electron chi connectivity index (χ0n) is 15.9. The first-order valence-electron chi connectivity index (χ1n) is 9.82. The fourth-order valence-corrected chi connectivity index (χ4v) is 4.04. The molecular formula is C21H33ClN2O2. The fraction of sp³-hybridized carbons (Fsp3) is 0.667. The normalized spacial score (nSPS) is 25.1. The molecule has 1 heterocycles. The van der Waals surface area contributed by atoms with Crippen LogP contribution in [0.25, 0.3) is 0 Å². The summed E-state index contributed by atoms with van der Waals surface area (Å²) in [6.45, 7) is 4.43. The molecule has 3 atom stereocenters. The van der Waals surface area contributed by atoms with Gasteiger partial charge in [-0.25, -0.2) is 0 Å². The Morgan fingerprint density at radius 2 is 1.96 bits per heavy atom. The maximum absolute atomic E-state index is 12.9. The Bertz CT molecular complexity index is 558. The molecule has 1 aliphatic carbocycles. The van der Waals surface area contributed by atoms with Gasteiger partial charge in [-0.15, -0.1) is 12.4 Å². The van der Waals surface area contributed by atoms with Gasteiger partial charge >= 0.3 is 0 Å². The predicted octanol–water partition coefficient (Wildman–Crippen LogP) is 3.48. The zero-order valence-corrected chi connectivity index (χ0v) is 16.7. The van der Waals surface area contributed by atoms with Crippen LogP contribution in [0.4, 0.5) is 0 Å². The van der Waals surface area contributed by atoms with Crippen LogP contribution in [-0.2, 0) is 16.0 Å². The number of rotatable bonds is 7. The molecule has 2 aliphatic rings. The zero-order chi connectivity index (χ0) is 17.6. The average Bonchev–Trinajstić information content (AvgIpc) is 3.25. The van der Waals surface area contributed by atoms with Crippen molar-refractivity contribution in [1.82, 2.24) is 4.90 Å². The number of carbonyl (C=O) groups excluding carboxylic acids is 1. The molecule has 1 aliphatic heterocycles. The largest absolute Gasteiger partial charge is 0.376 e. The highest BCUT2D eigenvalue weighted by Gasteiger charge is 2.29. The summed E-state index contributed by atoms with van der Waals surface area (Å²) in [6, 6.07) is 8.80. The average molecular weight is 381 g/mol. The highest BCUT2D eigenvalue weighted by molar-refractivity contribution is 5.85. The van der Waals surface area contributed by atoms with Gasteiger partial charge in [0.2, 0.25) is 5.91 Å². The second-order valence-corrected chi connectivity index (χ2v) is 7.77. The van der Waals surface area contributed by atoms with Crippen LogP contribution >= 0.6 is 12.4 Å². The molecule has 0 bridgehead atoms. The van der Waals surface area contributed by atoms with Crippen LogP contribution in [0.2, 0.25) is 0 Å². The van der Waals surface area contributed by atoms with E-state index < -0.39 is 0 Å². The van der Waals surface area contributed by atoms with Crippen LogP contribution in [0, 0.1) is 12.8 Å². The minimum Gasteiger partial charge on any atom is -0.376 e. The van der Waals surface area contributed by atoms with Gasteiger partial charge in [0.25, 0.3) is 0 Å². The molecule has 26 heavy (non-hydrogen) atoms. The SMILES string of the molecule is Cc1ccc(CCN(CC2CCCO2)C(=O)C[C@@H]2CCC[C@H]2N)cc1.Cl. The maximum Gasteiger partial charge on any atom is 0.223 e. The van der Waals surface area contributed by atoms with Crippen molar-refractivity contribution in [1.29, 1.82) is 0 Å². The third-order valence-corrected chi connectivity index (χ3v) is 5.75. The molecule has 1 aromatic carbocycles. The van der Waals surface area contributed by atoms with Gasteiger partial charge in [0.15, 0.2) is 0 Å². The molecule has 1 unspecified atom stereocenters. The molecule has 1 amide bonds. The van der Waals surface area contributed by atoms with Crippen molar-refractivity contribution < 1.29 is 9.53 Å². The van der Waals surface area contributed by atoms with Gasteiger partial charge in [-0.05, 0) is 50.5 Å². The first-order chi connectivity index (χ1) is 12.1. The van der Waals surface area contributed by atoms with Gasteiger partial charge in [0, 0.05) is 32.2 Å². The molecule has 3 rings (SSSR count). The van der Waals surface area contributed by atoms with Crippen molar-refractivity contribution in [3.8, 4) is 0 Å². The van der Waals surface area contributed by atoms with E-state index in [1.165, 1.54) is 11.1 Å². The Morgan fingerprint density at radius 1 is 1.19 bits per heavy atom. The summed E-state index contributed by atoms with van der Waals surface area (Å²) < 4.78 is 5.77. The quantitative estimate of drug-likeness (QED) is 0.787. The minimum absolute atomic E-state index is 0. The van der Waals surface area contributed by atoms with Gasteiger partial charge in [-0.1, -0.05) is 36.2 Å². The lowest BCUT2D eigenvalue weighted by molar-refractivity contribution is -0.133. The van der Waals surface area contributed by atoms with E-state index in [-0.39, 0.29) is 30.5 Å². The number of ether oxygens (including phenoxy) is 1. The van der Waals surface area contributed by atoms with Crippen molar-refractivity contribution >= 4 is 18.3 Å². The number of aryl methyl sites for hydroxylation is 1. The van der Waals surface area contributed by atoms with Gasteiger partial charge in [-0.2, -0.15) is 0 Å². The molecule has 2 N–H and O–H groups in total. The first-order valence-corrected chi connectivity index (χ1v) is 9.82. The van der Waals surface area contributed by atoms with E-state index in [2.05, 4.69) is 31.2 Å². The van der Waals surface area contributed by atoms with Crippen molar-refractivity contribution in [3.63, 3.8) is 0 Å². The molecule has 0 radical (unpaired) electrons. The van der Waals surface area contributed by atoms with E-state index in [4.69, 9.17) is 10.5 Å². The highest BCUT2D eigenvalue weighted by Crippen LogP contribution is 2.27. The minimum atomic E-state index is 0. The van der Waals surface area contributed by atoms with E-state index in [0.717, 1.165) is 58.2 Å². The third kappa shape index (κ3) is 5.97. The van der Waals surface area contributed by atoms with Crippen LogP contribution in [0.1, 0.15) is 49.7 Å². The summed E-state index contributed by atoms with van der Waals surface area (Å²) in [5.74, 6) is 0.615. The maximum atomic E-state index is 12.9. The molecule has 2 fully saturated rings. The molecule has 5 heteroatoms. The molecule has 4 nitrogen and oxygen atoms in total. The lowest BCUT2D eigenvalue weighted by atomic mass is 9.99. The van der Waals surface area contributed by atoms with Gasteiger partial charge in [-0.3, -0.25) is 4.79 Å². The van der Waals surface area contributed by atoms with Crippen LogP contribution < -0.4 is 5.73 Å². The monoisotopic (exact) mass is 380 g/mol. The lowest BCUT2D eigenvalue weighted by Crippen LogP contribution is -2.40.